The number of nitrogens with two attached hydrogens (primary N) is 1. The van der Waals surface area contributed by atoms with Gasteiger partial charge in [-0.1, -0.05) is 12.5 Å². The highest BCUT2D eigenvalue weighted by molar-refractivity contribution is 5.93. The van der Waals surface area contributed by atoms with Crippen LogP contribution in [-0.2, 0) is 4.79 Å². The van der Waals surface area contributed by atoms with Crippen molar-refractivity contribution in [3.8, 4) is 0 Å². The molecule has 5 nitrogen and oxygen atoms in total. The molecular formula is C15H19N3O2. The summed E-state index contributed by atoms with van der Waals surface area (Å²) >= 11 is 0. The molecule has 1 aromatic rings. The maximum atomic E-state index is 12.3. The predicted octanol–water partition coefficient (Wildman–Crippen LogP) is 1.39. The van der Waals surface area contributed by atoms with Crippen LogP contribution in [0.25, 0.3) is 0 Å². The molecule has 1 aromatic heterocycles. The molecule has 2 atom stereocenters. The van der Waals surface area contributed by atoms with Crippen molar-refractivity contribution in [1.82, 2.24) is 10.3 Å². The average Bonchev–Trinajstić information content (AvgIpc) is 2.72. The van der Waals surface area contributed by atoms with Crippen molar-refractivity contribution >= 4 is 11.8 Å². The number of amides is 2. The van der Waals surface area contributed by atoms with Gasteiger partial charge in [-0.3, -0.25) is 14.6 Å². The monoisotopic (exact) mass is 273 g/mol. The molecule has 0 radical (unpaired) electrons. The fourth-order valence-corrected chi connectivity index (χ4v) is 3.80. The van der Waals surface area contributed by atoms with E-state index >= 15 is 0 Å². The maximum Gasteiger partial charge on any atom is 0.270 e. The molecule has 2 aliphatic rings. The molecule has 2 bridgehead atoms. The third kappa shape index (κ3) is 2.07. The van der Waals surface area contributed by atoms with Gasteiger partial charge in [0.15, 0.2) is 0 Å². The van der Waals surface area contributed by atoms with Crippen molar-refractivity contribution in [2.24, 2.45) is 11.1 Å². The first kappa shape index (κ1) is 13.1. The largest absolute Gasteiger partial charge is 0.369 e. The zero-order valence-corrected chi connectivity index (χ0v) is 11.4. The van der Waals surface area contributed by atoms with Crippen LogP contribution in [-0.4, -0.2) is 22.3 Å². The number of hydrogen-bond donors (Lipinski definition) is 2. The number of aromatic nitrogens is 1. The fraction of sp³-hybridized carbons (Fsp3) is 0.533. The summed E-state index contributed by atoms with van der Waals surface area (Å²) in [6.45, 7) is 0. The molecule has 20 heavy (non-hydrogen) atoms. The zero-order valence-electron chi connectivity index (χ0n) is 11.4. The SMILES string of the molecule is NC(=O)[C@@]12CCCC(NC(=O)c3ccccn3)(CC1)C2. The van der Waals surface area contributed by atoms with Gasteiger partial charge in [0.25, 0.3) is 5.91 Å². The maximum absolute atomic E-state index is 12.3. The smallest absolute Gasteiger partial charge is 0.270 e. The molecule has 2 fully saturated rings. The summed E-state index contributed by atoms with van der Waals surface area (Å²) < 4.78 is 0. The van der Waals surface area contributed by atoms with E-state index in [-0.39, 0.29) is 17.4 Å². The summed E-state index contributed by atoms with van der Waals surface area (Å²) in [6.07, 6.45) is 6.60. The molecule has 106 valence electrons. The molecule has 2 amide bonds. The van der Waals surface area contributed by atoms with Crippen molar-refractivity contribution in [2.75, 3.05) is 0 Å². The summed E-state index contributed by atoms with van der Waals surface area (Å²) in [6, 6.07) is 5.28. The minimum atomic E-state index is -0.407. The van der Waals surface area contributed by atoms with E-state index in [2.05, 4.69) is 10.3 Å². The molecule has 0 saturated heterocycles. The van der Waals surface area contributed by atoms with Gasteiger partial charge in [0, 0.05) is 11.7 Å². The standard InChI is InChI=1S/C15H19N3O2/c16-13(20)14-5-3-6-15(10-14,8-7-14)18-12(19)11-4-1-2-9-17-11/h1-2,4,9H,3,5-8,10H2,(H2,16,20)(H,18,19)/t14-,15?/m0/s1. The summed E-state index contributed by atoms with van der Waals surface area (Å²) in [5, 5.41) is 3.11. The molecule has 2 saturated carbocycles. The van der Waals surface area contributed by atoms with Gasteiger partial charge in [0.1, 0.15) is 5.69 Å². The Morgan fingerprint density at radius 1 is 1.20 bits per heavy atom. The molecule has 3 rings (SSSR count). The lowest BCUT2D eigenvalue weighted by Gasteiger charge is -2.38. The lowest BCUT2D eigenvalue weighted by Crippen LogP contribution is -2.51. The number of nitrogens with one attached hydrogen (secondary N) is 1. The van der Waals surface area contributed by atoms with Gasteiger partial charge >= 0.3 is 0 Å². The van der Waals surface area contributed by atoms with Crippen LogP contribution >= 0.6 is 0 Å². The Balaban J connectivity index is 1.78. The molecule has 0 aliphatic heterocycles. The second kappa shape index (κ2) is 4.58. The first-order valence-corrected chi connectivity index (χ1v) is 7.09. The Kier molecular flexibility index (Phi) is 3.00. The van der Waals surface area contributed by atoms with Crippen LogP contribution in [0.4, 0.5) is 0 Å². The highest BCUT2D eigenvalue weighted by Crippen LogP contribution is 2.53. The van der Waals surface area contributed by atoms with Gasteiger partial charge in [-0.2, -0.15) is 0 Å². The molecule has 1 unspecified atom stereocenters. The van der Waals surface area contributed by atoms with Crippen molar-refractivity contribution < 1.29 is 9.59 Å². The van der Waals surface area contributed by atoms with Gasteiger partial charge in [0.2, 0.25) is 5.91 Å². The minimum absolute atomic E-state index is 0.159. The van der Waals surface area contributed by atoms with E-state index < -0.39 is 5.41 Å². The Morgan fingerprint density at radius 3 is 2.75 bits per heavy atom. The van der Waals surface area contributed by atoms with E-state index in [0.717, 1.165) is 32.1 Å². The number of carbonyl (C=O) groups excluding carboxylic acids is 2. The number of fused-ring (bicyclic) bond motifs is 2. The second-order valence-electron chi connectivity index (χ2n) is 6.12. The van der Waals surface area contributed by atoms with E-state index in [1.807, 2.05) is 0 Å². The van der Waals surface area contributed by atoms with Crippen molar-refractivity contribution in [3.63, 3.8) is 0 Å². The van der Waals surface area contributed by atoms with Gasteiger partial charge in [-0.25, -0.2) is 0 Å². The highest BCUT2D eigenvalue weighted by atomic mass is 16.2. The van der Waals surface area contributed by atoms with Crippen LogP contribution in [0, 0.1) is 5.41 Å². The number of carbonyl (C=O) groups is 2. The Morgan fingerprint density at radius 2 is 2.05 bits per heavy atom. The quantitative estimate of drug-likeness (QED) is 0.872. The van der Waals surface area contributed by atoms with E-state index in [9.17, 15) is 9.59 Å². The number of nitrogens with zero attached hydrogens (tertiary/aromatic N) is 1. The Labute approximate surface area is 118 Å². The normalized spacial score (nSPS) is 31.8. The summed E-state index contributed by atoms with van der Waals surface area (Å²) in [4.78, 5) is 28.1. The van der Waals surface area contributed by atoms with Crippen LogP contribution in [0.1, 0.15) is 49.0 Å². The van der Waals surface area contributed by atoms with Gasteiger partial charge in [-0.15, -0.1) is 0 Å². The first-order chi connectivity index (χ1) is 9.55. The molecule has 1 heterocycles. The number of pyridine rings is 1. The lowest BCUT2D eigenvalue weighted by molar-refractivity contribution is -0.128. The van der Waals surface area contributed by atoms with Crippen LogP contribution in [0.2, 0.25) is 0 Å². The minimum Gasteiger partial charge on any atom is -0.369 e. The zero-order chi connectivity index (χ0) is 14.2. The molecule has 2 aliphatic carbocycles. The first-order valence-electron chi connectivity index (χ1n) is 7.09. The third-order valence-corrected chi connectivity index (χ3v) is 4.87. The number of primary amides is 1. The molecular weight excluding hydrogens is 254 g/mol. The van der Waals surface area contributed by atoms with E-state index in [4.69, 9.17) is 5.73 Å². The molecule has 0 aromatic carbocycles. The molecule has 0 spiro atoms. The van der Waals surface area contributed by atoms with Gasteiger partial charge < -0.3 is 11.1 Å². The summed E-state index contributed by atoms with van der Waals surface area (Å²) in [7, 11) is 0. The van der Waals surface area contributed by atoms with Gasteiger partial charge in [0.05, 0.1) is 5.41 Å². The Bertz CT molecular complexity index is 545. The van der Waals surface area contributed by atoms with Gasteiger partial charge in [-0.05, 0) is 44.2 Å². The third-order valence-electron chi connectivity index (χ3n) is 4.87. The van der Waals surface area contributed by atoms with Crippen LogP contribution in [0.15, 0.2) is 24.4 Å². The lowest BCUT2D eigenvalue weighted by atomic mass is 9.72. The van der Waals surface area contributed by atoms with E-state index in [1.165, 1.54) is 0 Å². The van der Waals surface area contributed by atoms with Crippen LogP contribution in [0.3, 0.4) is 0 Å². The van der Waals surface area contributed by atoms with Crippen molar-refractivity contribution in [3.05, 3.63) is 30.1 Å². The van der Waals surface area contributed by atoms with Crippen molar-refractivity contribution in [2.45, 2.75) is 44.1 Å². The average molecular weight is 273 g/mol. The van der Waals surface area contributed by atoms with Crippen LogP contribution in [0.5, 0.6) is 0 Å². The predicted molar refractivity (Wildman–Crippen MR) is 73.8 cm³/mol. The Hall–Kier alpha value is -1.91. The summed E-state index contributed by atoms with van der Waals surface area (Å²) in [5.74, 6) is -0.376. The fourth-order valence-electron chi connectivity index (χ4n) is 3.80. The van der Waals surface area contributed by atoms with Crippen LogP contribution < -0.4 is 11.1 Å². The summed E-state index contributed by atoms with van der Waals surface area (Å²) in [5.41, 5.74) is 5.31. The number of hydrogen-bond acceptors (Lipinski definition) is 3. The van der Waals surface area contributed by atoms with E-state index in [0.29, 0.717) is 12.1 Å². The molecule has 5 heteroatoms. The second-order valence-corrected chi connectivity index (χ2v) is 6.12. The van der Waals surface area contributed by atoms with E-state index in [1.54, 1.807) is 24.4 Å². The topological polar surface area (TPSA) is 85.1 Å². The van der Waals surface area contributed by atoms with Crippen molar-refractivity contribution in [1.29, 1.82) is 0 Å². The number of rotatable bonds is 3. The highest BCUT2D eigenvalue weighted by Gasteiger charge is 2.54. The molecule has 3 N–H and O–H groups in total.